The fourth-order valence-corrected chi connectivity index (χ4v) is 2.55. The maximum Gasteiger partial charge on any atom is 0.337 e. The Morgan fingerprint density at radius 2 is 1.85 bits per heavy atom. The van der Waals surface area contributed by atoms with E-state index >= 15 is 0 Å². The van der Waals surface area contributed by atoms with E-state index in [9.17, 15) is 9.59 Å². The summed E-state index contributed by atoms with van der Waals surface area (Å²) in [5.41, 5.74) is 3.83. The molecule has 0 saturated carbocycles. The summed E-state index contributed by atoms with van der Waals surface area (Å²) >= 11 is 6.20. The first-order valence-corrected chi connectivity index (χ1v) is 8.33. The van der Waals surface area contributed by atoms with Gasteiger partial charge in [0.05, 0.1) is 23.9 Å². The Hall–Kier alpha value is -3.38. The number of carbonyl (C=O) groups excluding carboxylic acids is 2. The van der Waals surface area contributed by atoms with Crippen LogP contribution in [-0.2, 0) is 4.74 Å². The third kappa shape index (κ3) is 4.43. The number of amides is 1. The molecule has 0 bridgehead atoms. The van der Waals surface area contributed by atoms with Gasteiger partial charge < -0.3 is 9.15 Å². The number of halogens is 1. The fourth-order valence-electron chi connectivity index (χ4n) is 2.33. The van der Waals surface area contributed by atoms with Gasteiger partial charge in [-0.05, 0) is 42.5 Å². The van der Waals surface area contributed by atoms with Crippen LogP contribution < -0.4 is 5.43 Å². The topological polar surface area (TPSA) is 80.9 Å². The Labute approximate surface area is 160 Å². The first kappa shape index (κ1) is 18.4. The average Bonchev–Trinajstić information content (AvgIpc) is 3.17. The van der Waals surface area contributed by atoms with Crippen molar-refractivity contribution in [1.82, 2.24) is 5.43 Å². The number of hydrogen-bond donors (Lipinski definition) is 1. The number of nitrogens with zero attached hydrogens (tertiary/aromatic N) is 1. The van der Waals surface area contributed by atoms with E-state index < -0.39 is 5.97 Å². The number of nitrogens with one attached hydrogen (secondary N) is 1. The molecule has 0 fully saturated rings. The van der Waals surface area contributed by atoms with Crippen molar-refractivity contribution >= 4 is 29.7 Å². The highest BCUT2D eigenvalue weighted by Crippen LogP contribution is 2.30. The van der Waals surface area contributed by atoms with Gasteiger partial charge in [0.1, 0.15) is 11.5 Å². The molecule has 27 heavy (non-hydrogen) atoms. The Morgan fingerprint density at radius 3 is 2.59 bits per heavy atom. The number of hydrazone groups is 1. The molecule has 0 aliphatic rings. The summed E-state index contributed by atoms with van der Waals surface area (Å²) in [7, 11) is 1.31. The number of esters is 1. The maximum absolute atomic E-state index is 11.9. The zero-order chi connectivity index (χ0) is 19.2. The van der Waals surface area contributed by atoms with Crippen LogP contribution in [0.3, 0.4) is 0 Å². The molecule has 0 spiro atoms. The predicted octanol–water partition coefficient (Wildman–Crippen LogP) is 4.15. The van der Waals surface area contributed by atoms with Crippen LogP contribution in [0.2, 0.25) is 5.02 Å². The van der Waals surface area contributed by atoms with Crippen LogP contribution in [0.5, 0.6) is 0 Å². The molecule has 0 aliphatic heterocycles. The van der Waals surface area contributed by atoms with E-state index in [1.165, 1.54) is 13.3 Å². The first-order valence-electron chi connectivity index (χ1n) is 7.95. The van der Waals surface area contributed by atoms with Crippen LogP contribution >= 0.6 is 11.6 Å². The molecule has 0 unspecified atom stereocenters. The van der Waals surface area contributed by atoms with Gasteiger partial charge in [0, 0.05) is 11.1 Å². The van der Waals surface area contributed by atoms with Gasteiger partial charge in [0.15, 0.2) is 0 Å². The van der Waals surface area contributed by atoms with Gasteiger partial charge in [0.2, 0.25) is 0 Å². The normalized spacial score (nSPS) is 10.7. The van der Waals surface area contributed by atoms with Gasteiger partial charge in [-0.15, -0.1) is 0 Å². The van der Waals surface area contributed by atoms with Crippen LogP contribution in [0.1, 0.15) is 26.5 Å². The van der Waals surface area contributed by atoms with Crippen molar-refractivity contribution in [3.8, 4) is 11.3 Å². The van der Waals surface area contributed by atoms with Crippen molar-refractivity contribution in [3.63, 3.8) is 0 Å². The molecule has 1 amide bonds. The van der Waals surface area contributed by atoms with E-state index in [0.717, 1.165) is 0 Å². The average molecular weight is 383 g/mol. The molecule has 0 atom stereocenters. The van der Waals surface area contributed by atoms with Crippen LogP contribution in [0.15, 0.2) is 70.2 Å². The number of methoxy groups -OCH3 is 1. The number of hydrogen-bond acceptors (Lipinski definition) is 5. The molecule has 7 heteroatoms. The Kier molecular flexibility index (Phi) is 5.68. The van der Waals surface area contributed by atoms with Crippen LogP contribution in [-0.4, -0.2) is 25.2 Å². The summed E-state index contributed by atoms with van der Waals surface area (Å²) in [6.45, 7) is 0. The minimum absolute atomic E-state index is 0.326. The summed E-state index contributed by atoms with van der Waals surface area (Å²) in [4.78, 5) is 23.6. The highest BCUT2D eigenvalue weighted by atomic mass is 35.5. The number of ether oxygens (including phenoxy) is 1. The molecule has 6 nitrogen and oxygen atoms in total. The van der Waals surface area contributed by atoms with Crippen LogP contribution in [0.25, 0.3) is 11.3 Å². The van der Waals surface area contributed by atoms with E-state index in [4.69, 9.17) is 20.8 Å². The van der Waals surface area contributed by atoms with Gasteiger partial charge in [-0.2, -0.15) is 5.10 Å². The molecule has 0 radical (unpaired) electrons. The van der Waals surface area contributed by atoms with E-state index in [2.05, 4.69) is 10.5 Å². The van der Waals surface area contributed by atoms with Gasteiger partial charge in [0.25, 0.3) is 5.91 Å². The minimum atomic E-state index is -0.468. The third-order valence-electron chi connectivity index (χ3n) is 3.67. The molecule has 1 heterocycles. The van der Waals surface area contributed by atoms with Gasteiger partial charge in [-0.1, -0.05) is 29.8 Å². The smallest absolute Gasteiger partial charge is 0.337 e. The molecule has 0 saturated heterocycles. The summed E-state index contributed by atoms with van der Waals surface area (Å²) in [5.74, 6) is 0.0804. The van der Waals surface area contributed by atoms with Gasteiger partial charge in [-0.3, -0.25) is 4.79 Å². The van der Waals surface area contributed by atoms with Gasteiger partial charge in [-0.25, -0.2) is 10.2 Å². The first-order chi connectivity index (χ1) is 13.1. The molecule has 1 aromatic heterocycles. The molecule has 3 rings (SSSR count). The molecule has 0 aliphatic carbocycles. The lowest BCUT2D eigenvalue weighted by atomic mass is 10.1. The number of benzene rings is 2. The van der Waals surface area contributed by atoms with Crippen LogP contribution in [0, 0.1) is 0 Å². The van der Waals surface area contributed by atoms with Crippen LogP contribution in [0.4, 0.5) is 0 Å². The SMILES string of the molecule is COC(=O)c1ccc(Cl)c(-c2ccc(/C=N\NC(=O)c3ccccc3)o2)c1. The quantitative estimate of drug-likeness (QED) is 0.408. The Balaban J connectivity index is 1.73. The van der Waals surface area contributed by atoms with E-state index in [1.54, 1.807) is 54.6 Å². The number of carbonyl (C=O) groups is 2. The number of furan rings is 1. The minimum Gasteiger partial charge on any atom is -0.465 e. The predicted molar refractivity (Wildman–Crippen MR) is 102 cm³/mol. The molecule has 1 N–H and O–H groups in total. The maximum atomic E-state index is 11.9. The van der Waals surface area contributed by atoms with Crippen molar-refractivity contribution in [2.75, 3.05) is 7.11 Å². The summed E-state index contributed by atoms with van der Waals surface area (Å²) in [6, 6.07) is 16.9. The standard InChI is InChI=1S/C20H15ClN2O4/c1-26-20(25)14-7-9-17(21)16(11-14)18-10-8-15(27-18)12-22-23-19(24)13-5-3-2-4-6-13/h2-12H,1H3,(H,23,24)/b22-12-. The molecular formula is C20H15ClN2O4. The monoisotopic (exact) mass is 382 g/mol. The summed E-state index contributed by atoms with van der Waals surface area (Å²) in [5, 5.41) is 4.31. The second kappa shape index (κ2) is 8.33. The molecule has 3 aromatic rings. The summed E-state index contributed by atoms with van der Waals surface area (Å²) < 4.78 is 10.4. The summed E-state index contributed by atoms with van der Waals surface area (Å²) in [6.07, 6.45) is 1.38. The Morgan fingerprint density at radius 1 is 1.07 bits per heavy atom. The third-order valence-corrected chi connectivity index (χ3v) is 4.00. The second-order valence-corrected chi connectivity index (χ2v) is 5.86. The van der Waals surface area contributed by atoms with Gasteiger partial charge >= 0.3 is 5.97 Å². The highest BCUT2D eigenvalue weighted by Gasteiger charge is 2.13. The highest BCUT2D eigenvalue weighted by molar-refractivity contribution is 6.33. The van der Waals surface area contributed by atoms with E-state index in [1.807, 2.05) is 6.07 Å². The van der Waals surface area contributed by atoms with E-state index in [-0.39, 0.29) is 5.91 Å². The van der Waals surface area contributed by atoms with Crippen molar-refractivity contribution in [2.24, 2.45) is 5.10 Å². The van der Waals surface area contributed by atoms with Crippen molar-refractivity contribution < 1.29 is 18.7 Å². The lowest BCUT2D eigenvalue weighted by molar-refractivity contribution is 0.0600. The largest absolute Gasteiger partial charge is 0.465 e. The second-order valence-electron chi connectivity index (χ2n) is 5.45. The van der Waals surface area contributed by atoms with Crippen molar-refractivity contribution in [1.29, 1.82) is 0 Å². The number of rotatable bonds is 5. The zero-order valence-corrected chi connectivity index (χ0v) is 15.1. The molecule has 2 aromatic carbocycles. The molecular weight excluding hydrogens is 368 g/mol. The van der Waals surface area contributed by atoms with Crippen molar-refractivity contribution in [2.45, 2.75) is 0 Å². The van der Waals surface area contributed by atoms with Crippen molar-refractivity contribution in [3.05, 3.63) is 82.6 Å². The fraction of sp³-hybridized carbons (Fsp3) is 0.0500. The lowest BCUT2D eigenvalue weighted by Gasteiger charge is -2.04. The molecule has 136 valence electrons. The van der Waals surface area contributed by atoms with E-state index in [0.29, 0.717) is 33.2 Å². The lowest BCUT2D eigenvalue weighted by Crippen LogP contribution is -2.17. The zero-order valence-electron chi connectivity index (χ0n) is 14.3. The Bertz CT molecular complexity index is 996.